The lowest BCUT2D eigenvalue weighted by Crippen LogP contribution is -2.14. The molecule has 0 saturated carbocycles. The third-order valence-corrected chi connectivity index (χ3v) is 4.89. The molecule has 0 fully saturated rings. The van der Waals surface area contributed by atoms with Crippen LogP contribution in [0, 0.1) is 0 Å². The van der Waals surface area contributed by atoms with Crippen LogP contribution < -0.4 is 10.6 Å². The van der Waals surface area contributed by atoms with Crippen LogP contribution in [0.1, 0.15) is 0 Å². The number of benzene rings is 3. The normalized spacial score (nSPS) is 10.5. The Balaban J connectivity index is 2.29. The van der Waals surface area contributed by atoms with E-state index in [1.807, 2.05) is 0 Å². The average molecular weight is 294 g/mol. The van der Waals surface area contributed by atoms with Crippen molar-refractivity contribution in [2.75, 3.05) is 0 Å². The molecule has 2 atom stereocenters. The van der Waals surface area contributed by atoms with Crippen molar-refractivity contribution in [3.05, 3.63) is 72.8 Å². The van der Waals surface area contributed by atoms with E-state index in [1.165, 1.54) is 32.9 Å². The predicted molar refractivity (Wildman–Crippen MR) is 96.0 cm³/mol. The molecule has 0 amide bonds. The van der Waals surface area contributed by atoms with Crippen LogP contribution in [0.3, 0.4) is 0 Å². The fraction of sp³-hybridized carbons (Fsp3) is 0. The van der Waals surface area contributed by atoms with Gasteiger partial charge >= 0.3 is 0 Å². The minimum absolute atomic E-state index is 1.22. The molecule has 20 heavy (non-hydrogen) atoms. The standard InChI is InChI=1S/C18H16P2/c19-16-12-11-15(13-7-3-1-4-8-13)17(18(16)20)14-9-5-2-6-10-14/h1-12H,19-20H2. The molecule has 2 unspecified atom stereocenters. The van der Waals surface area contributed by atoms with Crippen LogP contribution >= 0.6 is 18.5 Å². The second-order valence-corrected chi connectivity index (χ2v) is 5.92. The Kier molecular flexibility index (Phi) is 3.97. The summed E-state index contributed by atoms with van der Waals surface area (Å²) in [6.45, 7) is 0. The van der Waals surface area contributed by atoms with Gasteiger partial charge in [0.05, 0.1) is 0 Å². The van der Waals surface area contributed by atoms with E-state index in [4.69, 9.17) is 0 Å². The summed E-state index contributed by atoms with van der Waals surface area (Å²) in [5.74, 6) is 0. The molecule has 0 bridgehead atoms. The van der Waals surface area contributed by atoms with E-state index in [2.05, 4.69) is 91.3 Å². The van der Waals surface area contributed by atoms with Gasteiger partial charge in [-0.2, -0.15) is 0 Å². The van der Waals surface area contributed by atoms with Crippen molar-refractivity contribution in [1.82, 2.24) is 0 Å². The fourth-order valence-corrected chi connectivity index (χ4v) is 3.07. The molecule has 0 nitrogen and oxygen atoms in total. The first-order valence-electron chi connectivity index (χ1n) is 6.56. The van der Waals surface area contributed by atoms with Crippen LogP contribution in [0.25, 0.3) is 22.3 Å². The average Bonchev–Trinajstić information content (AvgIpc) is 2.51. The summed E-state index contributed by atoms with van der Waals surface area (Å²) >= 11 is 0. The summed E-state index contributed by atoms with van der Waals surface area (Å²) < 4.78 is 0. The SMILES string of the molecule is Pc1ccc(-c2ccccc2)c(-c2ccccc2)c1P. The molecule has 0 radical (unpaired) electrons. The summed E-state index contributed by atoms with van der Waals surface area (Å²) in [7, 11) is 5.69. The zero-order valence-corrected chi connectivity index (χ0v) is 13.4. The van der Waals surface area contributed by atoms with Gasteiger partial charge in [-0.1, -0.05) is 72.8 Å². The molecule has 0 aromatic heterocycles. The van der Waals surface area contributed by atoms with Crippen LogP contribution in [0.4, 0.5) is 0 Å². The Labute approximate surface area is 124 Å². The molecule has 2 heteroatoms. The molecule has 0 aliphatic heterocycles. The molecule has 98 valence electrons. The zero-order valence-electron chi connectivity index (χ0n) is 11.1. The number of hydrogen-bond acceptors (Lipinski definition) is 0. The van der Waals surface area contributed by atoms with Gasteiger partial charge in [-0.15, -0.1) is 18.5 Å². The van der Waals surface area contributed by atoms with Gasteiger partial charge in [0.25, 0.3) is 0 Å². The minimum Gasteiger partial charge on any atom is -0.105 e. The maximum atomic E-state index is 2.88. The summed E-state index contributed by atoms with van der Waals surface area (Å²) in [6.07, 6.45) is 0. The largest absolute Gasteiger partial charge is 0.105 e. The fourth-order valence-electron chi connectivity index (χ4n) is 2.41. The molecular weight excluding hydrogens is 278 g/mol. The van der Waals surface area contributed by atoms with Crippen molar-refractivity contribution < 1.29 is 0 Å². The lowest BCUT2D eigenvalue weighted by atomic mass is 9.94. The maximum Gasteiger partial charge on any atom is -0.00275 e. The first-order chi connectivity index (χ1) is 9.77. The Bertz CT molecular complexity index is 719. The minimum atomic E-state index is 1.22. The van der Waals surface area contributed by atoms with E-state index >= 15 is 0 Å². The van der Waals surface area contributed by atoms with E-state index in [1.54, 1.807) is 0 Å². The van der Waals surface area contributed by atoms with Crippen LogP contribution in [0.5, 0.6) is 0 Å². The second-order valence-electron chi connectivity index (χ2n) is 4.72. The molecule has 0 heterocycles. The topological polar surface area (TPSA) is 0 Å². The highest BCUT2D eigenvalue weighted by atomic mass is 31.0. The second kappa shape index (κ2) is 5.88. The van der Waals surface area contributed by atoms with Crippen molar-refractivity contribution in [3.63, 3.8) is 0 Å². The third-order valence-electron chi connectivity index (χ3n) is 3.43. The van der Waals surface area contributed by atoms with Crippen molar-refractivity contribution in [2.45, 2.75) is 0 Å². The molecule has 3 aromatic carbocycles. The molecule has 0 spiro atoms. The van der Waals surface area contributed by atoms with Crippen molar-refractivity contribution in [1.29, 1.82) is 0 Å². The van der Waals surface area contributed by atoms with Crippen molar-refractivity contribution in [3.8, 4) is 22.3 Å². The Morgan fingerprint density at radius 3 is 1.70 bits per heavy atom. The smallest absolute Gasteiger partial charge is 0.00275 e. The van der Waals surface area contributed by atoms with Gasteiger partial charge in [-0.3, -0.25) is 0 Å². The van der Waals surface area contributed by atoms with Crippen molar-refractivity contribution in [2.24, 2.45) is 0 Å². The lowest BCUT2D eigenvalue weighted by molar-refractivity contribution is 1.61. The van der Waals surface area contributed by atoms with Crippen LogP contribution in [0.15, 0.2) is 72.8 Å². The first kappa shape index (κ1) is 13.5. The maximum absolute atomic E-state index is 2.88. The molecule has 0 aliphatic carbocycles. The van der Waals surface area contributed by atoms with Crippen LogP contribution in [0.2, 0.25) is 0 Å². The molecular formula is C18H16P2. The Morgan fingerprint density at radius 1 is 0.550 bits per heavy atom. The molecule has 0 saturated heterocycles. The summed E-state index contributed by atoms with van der Waals surface area (Å²) in [4.78, 5) is 0. The van der Waals surface area contributed by atoms with E-state index in [-0.39, 0.29) is 0 Å². The van der Waals surface area contributed by atoms with E-state index < -0.39 is 0 Å². The molecule has 0 N–H and O–H groups in total. The van der Waals surface area contributed by atoms with Crippen LogP contribution in [-0.2, 0) is 0 Å². The summed E-state index contributed by atoms with van der Waals surface area (Å²) in [5.41, 5.74) is 5.06. The van der Waals surface area contributed by atoms with Gasteiger partial charge in [-0.05, 0) is 32.9 Å². The quantitative estimate of drug-likeness (QED) is 0.626. The zero-order chi connectivity index (χ0) is 13.9. The van der Waals surface area contributed by atoms with Crippen molar-refractivity contribution >= 4 is 29.1 Å². The molecule has 3 aromatic rings. The van der Waals surface area contributed by atoms with E-state index in [9.17, 15) is 0 Å². The van der Waals surface area contributed by atoms with E-state index in [0.717, 1.165) is 0 Å². The van der Waals surface area contributed by atoms with Gasteiger partial charge in [0.2, 0.25) is 0 Å². The van der Waals surface area contributed by atoms with Gasteiger partial charge in [0.15, 0.2) is 0 Å². The molecule has 0 aliphatic rings. The molecule has 3 rings (SSSR count). The predicted octanol–water partition coefficient (Wildman–Crippen LogP) is 4.02. The van der Waals surface area contributed by atoms with Gasteiger partial charge in [0.1, 0.15) is 0 Å². The van der Waals surface area contributed by atoms with Gasteiger partial charge in [0, 0.05) is 0 Å². The number of hydrogen-bond donors (Lipinski definition) is 0. The highest BCUT2D eigenvalue weighted by Gasteiger charge is 2.11. The summed E-state index contributed by atoms with van der Waals surface area (Å²) in [5, 5.41) is 2.45. The first-order valence-corrected chi connectivity index (χ1v) is 7.71. The van der Waals surface area contributed by atoms with Gasteiger partial charge < -0.3 is 0 Å². The van der Waals surface area contributed by atoms with Crippen LogP contribution in [-0.4, -0.2) is 0 Å². The summed E-state index contributed by atoms with van der Waals surface area (Å²) in [6, 6.07) is 25.5. The van der Waals surface area contributed by atoms with Gasteiger partial charge in [-0.25, -0.2) is 0 Å². The Morgan fingerprint density at radius 2 is 1.10 bits per heavy atom. The lowest BCUT2D eigenvalue weighted by Gasteiger charge is -2.15. The third kappa shape index (κ3) is 2.55. The number of rotatable bonds is 2. The van der Waals surface area contributed by atoms with E-state index in [0.29, 0.717) is 0 Å². The Hall–Kier alpha value is -1.48. The highest BCUT2D eigenvalue weighted by molar-refractivity contribution is 7.36. The highest BCUT2D eigenvalue weighted by Crippen LogP contribution is 2.31. The monoisotopic (exact) mass is 294 g/mol.